The fourth-order valence-corrected chi connectivity index (χ4v) is 4.88. The number of ether oxygens (including phenoxy) is 9. The van der Waals surface area contributed by atoms with Gasteiger partial charge in [0.25, 0.3) is 0 Å². The van der Waals surface area contributed by atoms with Crippen LogP contribution in [0, 0.1) is 11.8 Å². The molecule has 0 radical (unpaired) electrons. The first-order valence-electron chi connectivity index (χ1n) is 12.2. The van der Waals surface area contributed by atoms with Crippen LogP contribution in [0.1, 0.15) is 37.2 Å². The average molecular weight is 549 g/mol. The fraction of sp³-hybridized carbons (Fsp3) is 0.500. The van der Waals surface area contributed by atoms with Crippen LogP contribution in [0.15, 0.2) is 24.3 Å². The topological polar surface area (TPSA) is 117 Å². The molecule has 1 heterocycles. The molecule has 0 N–H and O–H groups in total. The summed E-state index contributed by atoms with van der Waals surface area (Å²) in [6, 6.07) is 7.03. The van der Waals surface area contributed by atoms with Crippen LogP contribution in [-0.2, 0) is 23.8 Å². The van der Waals surface area contributed by atoms with E-state index in [0.29, 0.717) is 40.1 Å². The van der Waals surface area contributed by atoms with Gasteiger partial charge in [-0.25, -0.2) is 0 Å². The molecule has 39 heavy (non-hydrogen) atoms. The molecule has 1 aliphatic heterocycles. The van der Waals surface area contributed by atoms with Gasteiger partial charge in [-0.05, 0) is 29.8 Å². The summed E-state index contributed by atoms with van der Waals surface area (Å²) in [6.45, 7) is 2.88. The van der Waals surface area contributed by atoms with Crippen molar-refractivity contribution in [3.8, 4) is 34.5 Å². The Labute approximate surface area is 228 Å². The fourth-order valence-electron chi connectivity index (χ4n) is 4.88. The number of carbonyl (C=O) groups excluding carboxylic acids is 2. The first kappa shape index (κ1) is 29.7. The smallest absolute Gasteiger partial charge is 0.303 e. The molecule has 4 atom stereocenters. The zero-order valence-corrected chi connectivity index (χ0v) is 23.5. The van der Waals surface area contributed by atoms with Gasteiger partial charge in [0.05, 0.1) is 62.0 Å². The van der Waals surface area contributed by atoms with Gasteiger partial charge in [0.1, 0.15) is 6.10 Å². The Hall–Kier alpha value is -3.86. The molecular weight excluding hydrogens is 512 g/mol. The highest BCUT2D eigenvalue weighted by Gasteiger charge is 2.45. The molecule has 0 spiro atoms. The van der Waals surface area contributed by atoms with Gasteiger partial charge in [-0.2, -0.15) is 0 Å². The zero-order valence-electron chi connectivity index (χ0n) is 23.5. The van der Waals surface area contributed by atoms with Gasteiger partial charge < -0.3 is 42.6 Å². The molecule has 2 aromatic carbocycles. The molecule has 0 aliphatic carbocycles. The lowest BCUT2D eigenvalue weighted by Crippen LogP contribution is -2.29. The maximum absolute atomic E-state index is 12.3. The summed E-state index contributed by atoms with van der Waals surface area (Å²) in [5, 5.41) is 0. The standard InChI is InChI=1S/C28H36O11/c1-15(29)37-13-19-20(14-38-25(19)17-9-21(31-3)27(35-7)22(10-17)32-4)26(39-16(2)30)18-11-23(33-5)28(36-8)24(12-18)34-6/h9-12,19-20,25-26H,13-14H2,1-8H3/t19-,20-,25+,26+/m1/s1. The van der Waals surface area contributed by atoms with Gasteiger partial charge in [-0.15, -0.1) is 0 Å². The van der Waals surface area contributed by atoms with Gasteiger partial charge in [-0.1, -0.05) is 0 Å². The van der Waals surface area contributed by atoms with E-state index in [2.05, 4.69) is 0 Å². The van der Waals surface area contributed by atoms with E-state index in [0.717, 1.165) is 5.56 Å². The molecular formula is C28H36O11. The van der Waals surface area contributed by atoms with Crippen molar-refractivity contribution in [2.24, 2.45) is 11.8 Å². The zero-order chi connectivity index (χ0) is 28.7. The van der Waals surface area contributed by atoms with Crippen LogP contribution in [0.2, 0.25) is 0 Å². The van der Waals surface area contributed by atoms with Crippen LogP contribution < -0.4 is 28.4 Å². The predicted molar refractivity (Wildman–Crippen MR) is 139 cm³/mol. The summed E-state index contributed by atoms with van der Waals surface area (Å²) >= 11 is 0. The highest BCUT2D eigenvalue weighted by atomic mass is 16.6. The quantitative estimate of drug-likeness (QED) is 0.359. The van der Waals surface area contributed by atoms with Crippen LogP contribution in [0.3, 0.4) is 0 Å². The maximum Gasteiger partial charge on any atom is 0.303 e. The van der Waals surface area contributed by atoms with E-state index in [4.69, 9.17) is 42.6 Å². The summed E-state index contributed by atoms with van der Waals surface area (Å²) in [6.07, 6.45) is -1.34. The molecule has 0 saturated carbocycles. The van der Waals surface area contributed by atoms with E-state index in [-0.39, 0.29) is 13.2 Å². The Balaban J connectivity index is 2.12. The van der Waals surface area contributed by atoms with E-state index < -0.39 is 36.0 Å². The van der Waals surface area contributed by atoms with Crippen molar-refractivity contribution in [1.82, 2.24) is 0 Å². The molecule has 1 fully saturated rings. The second-order valence-electron chi connectivity index (χ2n) is 8.83. The first-order valence-corrected chi connectivity index (χ1v) is 12.2. The number of hydrogen-bond donors (Lipinski definition) is 0. The predicted octanol–water partition coefficient (Wildman–Crippen LogP) is 3.91. The Morgan fingerprint density at radius 3 is 1.67 bits per heavy atom. The normalized spacial score (nSPS) is 19.0. The molecule has 0 amide bonds. The number of benzene rings is 2. The Bertz CT molecular complexity index is 1110. The summed E-state index contributed by atoms with van der Waals surface area (Å²) in [5.74, 6) is 0.779. The van der Waals surface area contributed by atoms with Gasteiger partial charge in [0.2, 0.25) is 11.5 Å². The van der Waals surface area contributed by atoms with Crippen LogP contribution >= 0.6 is 0 Å². The maximum atomic E-state index is 12.3. The molecule has 0 aromatic heterocycles. The molecule has 1 saturated heterocycles. The minimum absolute atomic E-state index is 0.0174. The molecule has 0 unspecified atom stereocenters. The summed E-state index contributed by atoms with van der Waals surface area (Å²) in [7, 11) is 9.08. The second-order valence-corrected chi connectivity index (χ2v) is 8.83. The molecule has 1 aliphatic rings. The number of hydrogen-bond acceptors (Lipinski definition) is 11. The lowest BCUT2D eigenvalue weighted by molar-refractivity contribution is -0.153. The minimum Gasteiger partial charge on any atom is -0.493 e. The van der Waals surface area contributed by atoms with Crippen molar-refractivity contribution in [2.45, 2.75) is 26.1 Å². The van der Waals surface area contributed by atoms with Gasteiger partial charge in [-0.3, -0.25) is 9.59 Å². The minimum atomic E-state index is -0.788. The lowest BCUT2D eigenvalue weighted by atomic mass is 9.82. The monoisotopic (exact) mass is 548 g/mol. The second kappa shape index (κ2) is 13.3. The third-order valence-electron chi connectivity index (χ3n) is 6.60. The van der Waals surface area contributed by atoms with Crippen LogP contribution in [0.5, 0.6) is 34.5 Å². The third kappa shape index (κ3) is 6.42. The molecule has 11 heteroatoms. The van der Waals surface area contributed by atoms with Crippen LogP contribution in [0.25, 0.3) is 0 Å². The van der Waals surface area contributed by atoms with E-state index in [1.54, 1.807) is 24.3 Å². The van der Waals surface area contributed by atoms with Gasteiger partial charge in [0, 0.05) is 31.2 Å². The Kier molecular flexibility index (Phi) is 10.1. The molecule has 0 bridgehead atoms. The third-order valence-corrected chi connectivity index (χ3v) is 6.60. The van der Waals surface area contributed by atoms with E-state index >= 15 is 0 Å². The summed E-state index contributed by atoms with van der Waals surface area (Å²) in [5.41, 5.74) is 1.32. The van der Waals surface area contributed by atoms with Crippen molar-refractivity contribution in [3.05, 3.63) is 35.4 Å². The van der Waals surface area contributed by atoms with Crippen molar-refractivity contribution in [1.29, 1.82) is 0 Å². The lowest BCUT2D eigenvalue weighted by Gasteiger charge is -2.30. The molecule has 11 nitrogen and oxygen atoms in total. The van der Waals surface area contributed by atoms with Crippen molar-refractivity contribution < 1.29 is 52.2 Å². The number of methoxy groups -OCH3 is 6. The molecule has 214 valence electrons. The van der Waals surface area contributed by atoms with Gasteiger partial charge in [0.15, 0.2) is 23.0 Å². The van der Waals surface area contributed by atoms with Crippen LogP contribution in [-0.4, -0.2) is 67.8 Å². The number of rotatable bonds is 12. The van der Waals surface area contributed by atoms with E-state index in [9.17, 15) is 9.59 Å². The van der Waals surface area contributed by atoms with E-state index in [1.165, 1.54) is 56.5 Å². The van der Waals surface area contributed by atoms with E-state index in [1.807, 2.05) is 0 Å². The SMILES string of the molecule is COc1cc([C@@H]2OC[C@@H]([C@@H](OC(C)=O)c3cc(OC)c(OC)c(OC)c3)[C@H]2COC(C)=O)cc(OC)c1OC. The first-order chi connectivity index (χ1) is 18.7. The largest absolute Gasteiger partial charge is 0.493 e. The molecule has 2 aromatic rings. The molecule has 3 rings (SSSR count). The summed E-state index contributed by atoms with van der Waals surface area (Å²) in [4.78, 5) is 24.1. The van der Waals surface area contributed by atoms with Crippen LogP contribution in [0.4, 0.5) is 0 Å². The summed E-state index contributed by atoms with van der Waals surface area (Å²) < 4.78 is 50.6. The Morgan fingerprint density at radius 2 is 1.26 bits per heavy atom. The van der Waals surface area contributed by atoms with Crippen molar-refractivity contribution in [3.63, 3.8) is 0 Å². The Morgan fingerprint density at radius 1 is 0.769 bits per heavy atom. The number of carbonyl (C=O) groups is 2. The van der Waals surface area contributed by atoms with Crippen molar-refractivity contribution >= 4 is 11.9 Å². The van der Waals surface area contributed by atoms with Gasteiger partial charge >= 0.3 is 11.9 Å². The highest BCUT2D eigenvalue weighted by Crippen LogP contribution is 2.50. The van der Waals surface area contributed by atoms with Crippen molar-refractivity contribution in [2.75, 3.05) is 55.9 Å². The average Bonchev–Trinajstić information content (AvgIpc) is 3.36. The highest BCUT2D eigenvalue weighted by molar-refractivity contribution is 5.67. The number of esters is 2.